The zero-order valence-corrected chi connectivity index (χ0v) is 11.7. The zero-order valence-electron chi connectivity index (χ0n) is 10.9. The fourth-order valence-corrected chi connectivity index (χ4v) is 2.11. The first-order valence-electron chi connectivity index (χ1n) is 6.01. The van der Waals surface area contributed by atoms with Gasteiger partial charge in [0.2, 0.25) is 0 Å². The number of rotatable bonds is 3. The average molecular weight is 275 g/mol. The quantitative estimate of drug-likeness (QED) is 0.868. The van der Waals surface area contributed by atoms with Gasteiger partial charge in [-0.05, 0) is 37.6 Å². The van der Waals surface area contributed by atoms with E-state index in [1.165, 1.54) is 0 Å². The Balaban J connectivity index is 2.26. The highest BCUT2D eigenvalue weighted by atomic mass is 35.5. The van der Waals surface area contributed by atoms with Crippen molar-refractivity contribution in [2.24, 2.45) is 0 Å². The number of aromatic nitrogens is 1. The maximum atomic E-state index is 12.2. The molecule has 0 fully saturated rings. The number of pyridine rings is 1. The van der Waals surface area contributed by atoms with Gasteiger partial charge in [-0.15, -0.1) is 11.6 Å². The molecule has 0 aliphatic carbocycles. The normalized spacial score (nSPS) is 10.3. The molecule has 0 aliphatic rings. The van der Waals surface area contributed by atoms with Crippen LogP contribution in [-0.4, -0.2) is 10.9 Å². The van der Waals surface area contributed by atoms with E-state index >= 15 is 0 Å². The molecule has 0 atom stereocenters. The van der Waals surface area contributed by atoms with Crippen molar-refractivity contribution < 1.29 is 4.79 Å². The molecule has 1 aromatic carbocycles. The maximum absolute atomic E-state index is 12.2. The average Bonchev–Trinajstić information content (AvgIpc) is 2.39. The minimum Gasteiger partial charge on any atom is -0.322 e. The number of benzene rings is 1. The summed E-state index contributed by atoms with van der Waals surface area (Å²) in [5, 5.41) is 2.87. The van der Waals surface area contributed by atoms with Gasteiger partial charge >= 0.3 is 0 Å². The number of nitrogens with zero attached hydrogens (tertiary/aromatic N) is 1. The summed E-state index contributed by atoms with van der Waals surface area (Å²) < 4.78 is 0. The number of hydrogen-bond acceptors (Lipinski definition) is 2. The van der Waals surface area contributed by atoms with Gasteiger partial charge in [-0.1, -0.05) is 18.2 Å². The first kappa shape index (κ1) is 13.6. The highest BCUT2D eigenvalue weighted by Crippen LogP contribution is 2.18. The summed E-state index contributed by atoms with van der Waals surface area (Å²) >= 11 is 5.85. The van der Waals surface area contributed by atoms with Crippen LogP contribution in [0, 0.1) is 13.8 Å². The van der Waals surface area contributed by atoms with Gasteiger partial charge in [0.1, 0.15) is 0 Å². The standard InChI is InChI=1S/C15H15ClN2O/c1-10-7-8-13(11(2)17-10)15(19)18-14-6-4-3-5-12(14)9-16/h3-8H,9H2,1-2H3,(H,18,19). The molecule has 1 amide bonds. The second-order valence-electron chi connectivity index (χ2n) is 4.33. The Hall–Kier alpha value is -1.87. The second kappa shape index (κ2) is 5.85. The number of hydrogen-bond donors (Lipinski definition) is 1. The van der Waals surface area contributed by atoms with Gasteiger partial charge in [0.05, 0.1) is 11.3 Å². The molecule has 1 N–H and O–H groups in total. The molecule has 2 aromatic rings. The van der Waals surface area contributed by atoms with Crippen LogP contribution in [0.2, 0.25) is 0 Å². The number of anilines is 1. The lowest BCUT2D eigenvalue weighted by Gasteiger charge is -2.10. The van der Waals surface area contributed by atoms with Gasteiger partial charge in [-0.2, -0.15) is 0 Å². The summed E-state index contributed by atoms with van der Waals surface area (Å²) in [6, 6.07) is 11.1. The van der Waals surface area contributed by atoms with Gasteiger partial charge in [0.25, 0.3) is 5.91 Å². The minimum atomic E-state index is -0.164. The van der Waals surface area contributed by atoms with E-state index in [2.05, 4.69) is 10.3 Å². The molecule has 3 nitrogen and oxygen atoms in total. The summed E-state index contributed by atoms with van der Waals surface area (Å²) in [5.41, 5.74) is 3.84. The number of halogens is 1. The summed E-state index contributed by atoms with van der Waals surface area (Å²) in [4.78, 5) is 16.5. The Morgan fingerprint density at radius 3 is 2.63 bits per heavy atom. The van der Waals surface area contributed by atoms with Crippen molar-refractivity contribution in [3.8, 4) is 0 Å². The van der Waals surface area contributed by atoms with Crippen LogP contribution in [-0.2, 0) is 5.88 Å². The summed E-state index contributed by atoms with van der Waals surface area (Å²) in [6.07, 6.45) is 0. The molecule has 1 heterocycles. The molecule has 0 unspecified atom stereocenters. The Kier molecular flexibility index (Phi) is 4.17. The lowest BCUT2D eigenvalue weighted by Crippen LogP contribution is -2.15. The van der Waals surface area contributed by atoms with Crippen molar-refractivity contribution in [3.63, 3.8) is 0 Å². The lowest BCUT2D eigenvalue weighted by atomic mass is 10.1. The predicted octanol–water partition coefficient (Wildman–Crippen LogP) is 3.69. The summed E-state index contributed by atoms with van der Waals surface area (Å²) in [7, 11) is 0. The second-order valence-corrected chi connectivity index (χ2v) is 4.60. The Bertz CT molecular complexity index is 611. The van der Waals surface area contributed by atoms with E-state index in [1.807, 2.05) is 44.2 Å². The van der Waals surface area contributed by atoms with Crippen LogP contribution < -0.4 is 5.32 Å². The van der Waals surface area contributed by atoms with Gasteiger partial charge in [0, 0.05) is 17.3 Å². The minimum absolute atomic E-state index is 0.164. The number of carbonyl (C=O) groups is 1. The molecule has 19 heavy (non-hydrogen) atoms. The molecule has 0 bridgehead atoms. The number of alkyl halides is 1. The van der Waals surface area contributed by atoms with Gasteiger partial charge in [-0.25, -0.2) is 0 Å². The number of aryl methyl sites for hydroxylation is 2. The molecule has 2 rings (SSSR count). The molecular formula is C15H15ClN2O. The number of amides is 1. The summed E-state index contributed by atoms with van der Waals surface area (Å²) in [5.74, 6) is 0.198. The van der Waals surface area contributed by atoms with Crippen LogP contribution in [0.4, 0.5) is 5.69 Å². The first-order valence-corrected chi connectivity index (χ1v) is 6.54. The van der Waals surface area contributed by atoms with Crippen LogP contribution >= 0.6 is 11.6 Å². The third kappa shape index (κ3) is 3.12. The van der Waals surface area contributed by atoms with Gasteiger partial charge in [0.15, 0.2) is 0 Å². The van der Waals surface area contributed by atoms with E-state index < -0.39 is 0 Å². The third-order valence-corrected chi connectivity index (χ3v) is 3.17. The monoisotopic (exact) mass is 274 g/mol. The van der Waals surface area contributed by atoms with Crippen LogP contribution in [0.15, 0.2) is 36.4 Å². The van der Waals surface area contributed by atoms with Crippen molar-refractivity contribution in [1.82, 2.24) is 4.98 Å². The molecular weight excluding hydrogens is 260 g/mol. The number of nitrogens with one attached hydrogen (secondary N) is 1. The van der Waals surface area contributed by atoms with E-state index in [0.29, 0.717) is 11.4 Å². The SMILES string of the molecule is Cc1ccc(C(=O)Nc2ccccc2CCl)c(C)n1. The van der Waals surface area contributed by atoms with Crippen molar-refractivity contribution in [2.75, 3.05) is 5.32 Å². The van der Waals surface area contributed by atoms with E-state index in [0.717, 1.165) is 22.6 Å². The number of para-hydroxylation sites is 1. The molecule has 0 radical (unpaired) electrons. The highest BCUT2D eigenvalue weighted by Gasteiger charge is 2.11. The van der Waals surface area contributed by atoms with E-state index in [-0.39, 0.29) is 5.91 Å². The topological polar surface area (TPSA) is 42.0 Å². The smallest absolute Gasteiger partial charge is 0.257 e. The van der Waals surface area contributed by atoms with Gasteiger partial charge < -0.3 is 5.32 Å². The molecule has 98 valence electrons. The van der Waals surface area contributed by atoms with Crippen LogP contribution in [0.25, 0.3) is 0 Å². The van der Waals surface area contributed by atoms with Crippen LogP contribution in [0.1, 0.15) is 27.3 Å². The summed E-state index contributed by atoms with van der Waals surface area (Å²) in [6.45, 7) is 3.73. The fourth-order valence-electron chi connectivity index (χ4n) is 1.87. The number of carbonyl (C=O) groups excluding carboxylic acids is 1. The van der Waals surface area contributed by atoms with Crippen LogP contribution in [0.5, 0.6) is 0 Å². The Morgan fingerprint density at radius 1 is 1.21 bits per heavy atom. The Morgan fingerprint density at radius 2 is 1.95 bits per heavy atom. The zero-order chi connectivity index (χ0) is 13.8. The molecule has 0 saturated carbocycles. The molecule has 0 saturated heterocycles. The lowest BCUT2D eigenvalue weighted by molar-refractivity contribution is 0.102. The van der Waals surface area contributed by atoms with Gasteiger partial charge in [-0.3, -0.25) is 9.78 Å². The molecule has 1 aromatic heterocycles. The van der Waals surface area contributed by atoms with Crippen molar-refractivity contribution in [2.45, 2.75) is 19.7 Å². The molecule has 4 heteroatoms. The fraction of sp³-hybridized carbons (Fsp3) is 0.200. The first-order chi connectivity index (χ1) is 9.11. The van der Waals surface area contributed by atoms with Crippen molar-refractivity contribution >= 4 is 23.2 Å². The van der Waals surface area contributed by atoms with Crippen LogP contribution in [0.3, 0.4) is 0 Å². The largest absolute Gasteiger partial charge is 0.322 e. The predicted molar refractivity (Wildman–Crippen MR) is 77.7 cm³/mol. The highest BCUT2D eigenvalue weighted by molar-refractivity contribution is 6.17. The maximum Gasteiger partial charge on any atom is 0.257 e. The van der Waals surface area contributed by atoms with E-state index in [4.69, 9.17) is 11.6 Å². The molecule has 0 spiro atoms. The molecule has 0 aliphatic heterocycles. The van der Waals surface area contributed by atoms with Crippen molar-refractivity contribution in [3.05, 3.63) is 58.9 Å². The van der Waals surface area contributed by atoms with E-state index in [1.54, 1.807) is 6.07 Å². The van der Waals surface area contributed by atoms with Crippen molar-refractivity contribution in [1.29, 1.82) is 0 Å². The Labute approximate surface area is 117 Å². The van der Waals surface area contributed by atoms with E-state index in [9.17, 15) is 4.79 Å². The third-order valence-electron chi connectivity index (χ3n) is 2.88.